The van der Waals surface area contributed by atoms with Gasteiger partial charge in [0.05, 0.1) is 0 Å². The van der Waals surface area contributed by atoms with Crippen molar-refractivity contribution in [1.29, 1.82) is 0 Å². The van der Waals surface area contributed by atoms with E-state index < -0.39 is 0 Å². The summed E-state index contributed by atoms with van der Waals surface area (Å²) in [5, 5.41) is 0. The van der Waals surface area contributed by atoms with E-state index in [0.717, 1.165) is 6.42 Å². The Labute approximate surface area is 55.3 Å². The van der Waals surface area contributed by atoms with Crippen molar-refractivity contribution in [2.45, 2.75) is 20.3 Å². The molecule has 0 saturated heterocycles. The van der Waals surface area contributed by atoms with Gasteiger partial charge in [-0.15, -0.1) is 0 Å². The Morgan fingerprint density at radius 1 is 1.67 bits per heavy atom. The summed E-state index contributed by atoms with van der Waals surface area (Å²) in [4.78, 5) is 0. The lowest BCUT2D eigenvalue weighted by Gasteiger charge is -1.98. The van der Waals surface area contributed by atoms with E-state index >= 15 is 0 Å². The Balaban J connectivity index is 3.07. The fourth-order valence-electron chi connectivity index (χ4n) is 1.04. The van der Waals surface area contributed by atoms with Crippen LogP contribution in [-0.4, -0.2) is 4.68 Å². The highest BCUT2D eigenvalue weighted by Gasteiger charge is 1.97. The lowest BCUT2D eigenvalue weighted by molar-refractivity contribution is 0.889. The van der Waals surface area contributed by atoms with Crippen molar-refractivity contribution in [3.05, 3.63) is 23.5 Å². The molecule has 0 aliphatic heterocycles. The van der Waals surface area contributed by atoms with Crippen LogP contribution in [0.25, 0.3) is 0 Å². The first-order valence-electron chi connectivity index (χ1n) is 3.17. The van der Waals surface area contributed by atoms with Gasteiger partial charge in [0, 0.05) is 11.9 Å². The van der Waals surface area contributed by atoms with E-state index in [2.05, 4.69) is 13.8 Å². The fourth-order valence-corrected chi connectivity index (χ4v) is 1.04. The second-order valence-corrected chi connectivity index (χ2v) is 2.21. The van der Waals surface area contributed by atoms with E-state index in [1.54, 1.807) is 4.68 Å². The summed E-state index contributed by atoms with van der Waals surface area (Å²) in [7, 11) is 0. The molecular formula is C7H12N2. The highest BCUT2D eigenvalue weighted by Crippen LogP contribution is 2.06. The van der Waals surface area contributed by atoms with E-state index in [4.69, 9.17) is 5.84 Å². The number of aromatic nitrogens is 1. The van der Waals surface area contributed by atoms with Crippen molar-refractivity contribution < 1.29 is 0 Å². The van der Waals surface area contributed by atoms with E-state index in [-0.39, 0.29) is 0 Å². The molecule has 0 aliphatic carbocycles. The van der Waals surface area contributed by atoms with Gasteiger partial charge in [0.2, 0.25) is 0 Å². The zero-order valence-electron chi connectivity index (χ0n) is 5.89. The number of rotatable bonds is 1. The number of nitrogens with two attached hydrogens (primary N) is 1. The maximum atomic E-state index is 5.57. The average Bonchev–Trinajstić information content (AvgIpc) is 2.12. The molecule has 1 aromatic heterocycles. The minimum atomic E-state index is 1.01. The zero-order chi connectivity index (χ0) is 6.85. The van der Waals surface area contributed by atoms with Gasteiger partial charge in [0.1, 0.15) is 0 Å². The Morgan fingerprint density at radius 3 is 2.56 bits per heavy atom. The van der Waals surface area contributed by atoms with Crippen LogP contribution in [0.3, 0.4) is 0 Å². The molecule has 0 unspecified atom stereocenters. The molecule has 1 heterocycles. The number of nitrogens with zero attached hydrogens (tertiary/aromatic N) is 1. The minimum Gasteiger partial charge on any atom is -0.339 e. The fraction of sp³-hybridized carbons (Fsp3) is 0.429. The normalized spacial score (nSPS) is 10.0. The van der Waals surface area contributed by atoms with Gasteiger partial charge < -0.3 is 5.84 Å². The Hall–Kier alpha value is -0.920. The molecule has 1 rings (SSSR count). The van der Waals surface area contributed by atoms with Crippen LogP contribution in [0.4, 0.5) is 0 Å². The summed E-state index contributed by atoms with van der Waals surface area (Å²) in [6.07, 6.45) is 2.89. The van der Waals surface area contributed by atoms with Crippen molar-refractivity contribution in [2.75, 3.05) is 5.84 Å². The Kier molecular flexibility index (Phi) is 1.47. The van der Waals surface area contributed by atoms with Crippen molar-refractivity contribution in [1.82, 2.24) is 4.68 Å². The molecule has 0 amide bonds. The van der Waals surface area contributed by atoms with Crippen LogP contribution in [-0.2, 0) is 6.42 Å². The van der Waals surface area contributed by atoms with Crippen LogP contribution < -0.4 is 5.84 Å². The molecule has 0 fully saturated rings. The van der Waals surface area contributed by atoms with Gasteiger partial charge in [-0.25, -0.2) is 0 Å². The highest BCUT2D eigenvalue weighted by molar-refractivity contribution is 5.20. The maximum Gasteiger partial charge on any atom is 0.0418 e. The van der Waals surface area contributed by atoms with Crippen molar-refractivity contribution >= 4 is 0 Å². The van der Waals surface area contributed by atoms with Gasteiger partial charge in [-0.3, -0.25) is 4.68 Å². The summed E-state index contributed by atoms with van der Waals surface area (Å²) >= 11 is 0. The van der Waals surface area contributed by atoms with Crippen LogP contribution in [0.15, 0.2) is 12.3 Å². The zero-order valence-corrected chi connectivity index (χ0v) is 5.89. The molecule has 2 N–H and O–H groups in total. The van der Waals surface area contributed by atoms with Gasteiger partial charge in [-0.2, -0.15) is 0 Å². The van der Waals surface area contributed by atoms with Crippen molar-refractivity contribution in [3.8, 4) is 0 Å². The van der Waals surface area contributed by atoms with Gasteiger partial charge in [-0.05, 0) is 25.0 Å². The van der Waals surface area contributed by atoms with Crippen LogP contribution >= 0.6 is 0 Å². The van der Waals surface area contributed by atoms with Crippen molar-refractivity contribution in [3.63, 3.8) is 0 Å². The first kappa shape index (κ1) is 6.20. The van der Waals surface area contributed by atoms with Gasteiger partial charge in [0.25, 0.3) is 0 Å². The number of nitrogen functional groups attached to an aromatic ring is 1. The average molecular weight is 124 g/mol. The first-order chi connectivity index (χ1) is 4.25. The molecule has 0 spiro atoms. The van der Waals surface area contributed by atoms with Gasteiger partial charge >= 0.3 is 0 Å². The SMILES string of the molecule is CCc1c(C)ccn1N. The summed E-state index contributed by atoms with van der Waals surface area (Å²) < 4.78 is 1.68. The molecule has 1 aromatic rings. The molecule has 50 valence electrons. The van der Waals surface area contributed by atoms with Crippen LogP contribution in [0.5, 0.6) is 0 Å². The molecule has 9 heavy (non-hydrogen) atoms. The highest BCUT2D eigenvalue weighted by atomic mass is 15.3. The number of aryl methyl sites for hydroxylation is 1. The second kappa shape index (κ2) is 2.13. The summed E-state index contributed by atoms with van der Waals surface area (Å²) in [5.74, 6) is 5.57. The van der Waals surface area contributed by atoms with Crippen LogP contribution in [0.1, 0.15) is 18.2 Å². The third-order valence-electron chi connectivity index (χ3n) is 1.59. The van der Waals surface area contributed by atoms with E-state index in [1.165, 1.54) is 11.3 Å². The number of hydrogen-bond donors (Lipinski definition) is 1. The second-order valence-electron chi connectivity index (χ2n) is 2.21. The molecule has 2 nitrogen and oxygen atoms in total. The monoisotopic (exact) mass is 124 g/mol. The van der Waals surface area contributed by atoms with Crippen molar-refractivity contribution in [2.24, 2.45) is 0 Å². The molecule has 0 atom stereocenters. The van der Waals surface area contributed by atoms with Gasteiger partial charge in [-0.1, -0.05) is 6.92 Å². The third kappa shape index (κ3) is 0.922. The molecular weight excluding hydrogens is 112 g/mol. The van der Waals surface area contributed by atoms with Gasteiger partial charge in [0.15, 0.2) is 0 Å². The number of hydrogen-bond acceptors (Lipinski definition) is 1. The first-order valence-corrected chi connectivity index (χ1v) is 3.17. The molecule has 2 heteroatoms. The predicted octanol–water partition coefficient (Wildman–Crippen LogP) is 1.07. The van der Waals surface area contributed by atoms with E-state index in [9.17, 15) is 0 Å². The van der Waals surface area contributed by atoms with Crippen LogP contribution in [0, 0.1) is 6.92 Å². The summed E-state index contributed by atoms with van der Waals surface area (Å²) in [6.45, 7) is 4.17. The summed E-state index contributed by atoms with van der Waals surface area (Å²) in [5.41, 5.74) is 2.50. The largest absolute Gasteiger partial charge is 0.339 e. The summed E-state index contributed by atoms with van der Waals surface area (Å²) in [6, 6.07) is 2.03. The minimum absolute atomic E-state index is 1.01. The molecule has 0 aromatic carbocycles. The predicted molar refractivity (Wildman–Crippen MR) is 38.7 cm³/mol. The standard InChI is InChI=1S/C7H12N2/c1-3-7-6(2)4-5-9(7)8/h4-5H,3,8H2,1-2H3. The van der Waals surface area contributed by atoms with E-state index in [1.807, 2.05) is 12.3 Å². The Bertz CT molecular complexity index is 181. The Morgan fingerprint density at radius 2 is 2.33 bits per heavy atom. The van der Waals surface area contributed by atoms with Crippen LogP contribution in [0.2, 0.25) is 0 Å². The third-order valence-corrected chi connectivity index (χ3v) is 1.59. The molecule has 0 radical (unpaired) electrons. The molecule has 0 bridgehead atoms. The lowest BCUT2D eigenvalue weighted by Crippen LogP contribution is -2.10. The maximum absolute atomic E-state index is 5.57. The van der Waals surface area contributed by atoms with E-state index in [0.29, 0.717) is 0 Å². The smallest absolute Gasteiger partial charge is 0.0418 e. The molecule has 0 saturated carbocycles. The lowest BCUT2D eigenvalue weighted by atomic mass is 10.2. The molecule has 0 aliphatic rings. The topological polar surface area (TPSA) is 30.9 Å². The quantitative estimate of drug-likeness (QED) is 0.558.